The van der Waals surface area contributed by atoms with Crippen LogP contribution in [0.15, 0.2) is 16.3 Å². The molecule has 6 heteroatoms. The van der Waals surface area contributed by atoms with Gasteiger partial charge in [0.15, 0.2) is 0 Å². The Morgan fingerprint density at radius 2 is 2.13 bits per heavy atom. The molecule has 0 amide bonds. The Hall–Kier alpha value is 0.0900. The van der Waals surface area contributed by atoms with Crippen molar-refractivity contribution in [2.24, 2.45) is 0 Å². The summed E-state index contributed by atoms with van der Waals surface area (Å²) in [7, 11) is -3.27. The summed E-state index contributed by atoms with van der Waals surface area (Å²) in [5.74, 6) is 0. The average molecular weight is 312 g/mol. The number of thiophene rings is 1. The number of aryl methyl sites for hydroxylation is 1. The SMILES string of the molecule is Cc1ccc(S(=O)(=O)NCCCCBr)s1. The first-order valence-electron chi connectivity index (χ1n) is 4.68. The quantitative estimate of drug-likeness (QED) is 0.648. The van der Waals surface area contributed by atoms with Crippen LogP contribution in [0.25, 0.3) is 0 Å². The monoisotopic (exact) mass is 311 g/mol. The molecule has 0 fully saturated rings. The van der Waals surface area contributed by atoms with E-state index in [1.807, 2.05) is 13.0 Å². The second-order valence-corrected chi connectivity index (χ2v) is 7.23. The summed E-state index contributed by atoms with van der Waals surface area (Å²) in [6.45, 7) is 2.40. The Kier molecular flexibility index (Phi) is 5.25. The van der Waals surface area contributed by atoms with Crippen molar-refractivity contribution < 1.29 is 8.42 Å². The third-order valence-corrected chi connectivity index (χ3v) is 5.35. The maximum absolute atomic E-state index is 11.7. The van der Waals surface area contributed by atoms with Crippen LogP contribution in [-0.4, -0.2) is 20.3 Å². The second-order valence-electron chi connectivity index (χ2n) is 3.16. The highest BCUT2D eigenvalue weighted by Crippen LogP contribution is 2.20. The van der Waals surface area contributed by atoms with Gasteiger partial charge in [0.05, 0.1) is 0 Å². The third kappa shape index (κ3) is 4.22. The van der Waals surface area contributed by atoms with Crippen molar-refractivity contribution in [2.45, 2.75) is 24.0 Å². The molecule has 0 aromatic carbocycles. The zero-order chi connectivity index (χ0) is 11.3. The van der Waals surface area contributed by atoms with Gasteiger partial charge in [-0.1, -0.05) is 15.9 Å². The number of hydrogen-bond acceptors (Lipinski definition) is 3. The Morgan fingerprint density at radius 3 is 2.67 bits per heavy atom. The summed E-state index contributed by atoms with van der Waals surface area (Å²) in [6.07, 6.45) is 1.83. The maximum Gasteiger partial charge on any atom is 0.250 e. The zero-order valence-corrected chi connectivity index (χ0v) is 11.7. The van der Waals surface area contributed by atoms with E-state index in [-0.39, 0.29) is 0 Å². The van der Waals surface area contributed by atoms with Crippen LogP contribution in [-0.2, 0) is 10.0 Å². The van der Waals surface area contributed by atoms with E-state index in [1.165, 1.54) is 11.3 Å². The summed E-state index contributed by atoms with van der Waals surface area (Å²) < 4.78 is 26.4. The molecule has 1 heterocycles. The molecule has 1 N–H and O–H groups in total. The minimum atomic E-state index is -3.27. The minimum absolute atomic E-state index is 0.402. The lowest BCUT2D eigenvalue weighted by atomic mass is 10.3. The van der Waals surface area contributed by atoms with E-state index in [0.29, 0.717) is 10.8 Å². The van der Waals surface area contributed by atoms with Gasteiger partial charge >= 0.3 is 0 Å². The van der Waals surface area contributed by atoms with Crippen LogP contribution in [0.4, 0.5) is 0 Å². The number of sulfonamides is 1. The molecule has 0 aliphatic carbocycles. The first-order chi connectivity index (χ1) is 7.06. The molecule has 0 saturated heterocycles. The van der Waals surface area contributed by atoms with Crippen LogP contribution in [0.3, 0.4) is 0 Å². The predicted octanol–water partition coefficient (Wildman–Crippen LogP) is 2.51. The minimum Gasteiger partial charge on any atom is -0.210 e. The topological polar surface area (TPSA) is 46.2 Å². The van der Waals surface area contributed by atoms with Crippen LogP contribution < -0.4 is 4.72 Å². The Bertz CT molecular complexity index is 400. The van der Waals surface area contributed by atoms with Crippen molar-refractivity contribution >= 4 is 37.3 Å². The molecule has 3 nitrogen and oxygen atoms in total. The van der Waals surface area contributed by atoms with Crippen LogP contribution in [0.5, 0.6) is 0 Å². The van der Waals surface area contributed by atoms with E-state index in [1.54, 1.807) is 6.07 Å². The molecule has 0 atom stereocenters. The van der Waals surface area contributed by atoms with Crippen molar-refractivity contribution in [1.29, 1.82) is 0 Å². The standard InChI is InChI=1S/C9H14BrNO2S2/c1-8-4-5-9(14-8)15(12,13)11-7-3-2-6-10/h4-5,11H,2-3,6-7H2,1H3. The predicted molar refractivity (Wildman–Crippen MR) is 67.3 cm³/mol. The van der Waals surface area contributed by atoms with E-state index in [2.05, 4.69) is 20.7 Å². The molecule has 0 radical (unpaired) electrons. The van der Waals surface area contributed by atoms with E-state index in [9.17, 15) is 8.42 Å². The van der Waals surface area contributed by atoms with Gasteiger partial charge in [0.2, 0.25) is 10.0 Å². The van der Waals surface area contributed by atoms with Crippen molar-refractivity contribution in [3.05, 3.63) is 17.0 Å². The first-order valence-corrected chi connectivity index (χ1v) is 8.10. The highest BCUT2D eigenvalue weighted by molar-refractivity contribution is 9.09. The van der Waals surface area contributed by atoms with Crippen LogP contribution >= 0.6 is 27.3 Å². The summed E-state index contributed by atoms with van der Waals surface area (Å²) in [5, 5.41) is 0.910. The Labute approximate surface area is 103 Å². The van der Waals surface area contributed by atoms with Gasteiger partial charge in [-0.15, -0.1) is 11.3 Å². The molecule has 1 rings (SSSR count). The highest BCUT2D eigenvalue weighted by Gasteiger charge is 2.14. The number of halogens is 1. The van der Waals surface area contributed by atoms with Gasteiger partial charge in [-0.25, -0.2) is 13.1 Å². The van der Waals surface area contributed by atoms with E-state index < -0.39 is 10.0 Å². The van der Waals surface area contributed by atoms with E-state index in [4.69, 9.17) is 0 Å². The van der Waals surface area contributed by atoms with Crippen LogP contribution in [0, 0.1) is 6.92 Å². The van der Waals surface area contributed by atoms with Gasteiger partial charge in [-0.2, -0.15) is 0 Å². The number of hydrogen-bond donors (Lipinski definition) is 1. The molecule has 1 aromatic heterocycles. The Balaban J connectivity index is 2.53. The van der Waals surface area contributed by atoms with Crippen molar-refractivity contribution in [3.63, 3.8) is 0 Å². The summed E-state index contributed by atoms with van der Waals surface area (Å²) in [4.78, 5) is 1.01. The van der Waals surface area contributed by atoms with Gasteiger partial charge in [0.25, 0.3) is 0 Å². The van der Waals surface area contributed by atoms with Gasteiger partial charge < -0.3 is 0 Å². The van der Waals surface area contributed by atoms with Crippen LogP contribution in [0.2, 0.25) is 0 Å². The largest absolute Gasteiger partial charge is 0.250 e. The summed E-state index contributed by atoms with van der Waals surface area (Å²) in [5.41, 5.74) is 0. The third-order valence-electron chi connectivity index (χ3n) is 1.83. The average Bonchev–Trinajstić information content (AvgIpc) is 2.60. The van der Waals surface area contributed by atoms with Gasteiger partial charge in [-0.3, -0.25) is 0 Å². The van der Waals surface area contributed by atoms with Crippen molar-refractivity contribution in [1.82, 2.24) is 4.72 Å². The van der Waals surface area contributed by atoms with Crippen molar-refractivity contribution in [2.75, 3.05) is 11.9 Å². The molecule has 0 spiro atoms. The molecule has 0 bridgehead atoms. The van der Waals surface area contributed by atoms with Gasteiger partial charge in [0.1, 0.15) is 4.21 Å². The number of rotatable bonds is 6. The number of unbranched alkanes of at least 4 members (excludes halogenated alkanes) is 1. The molecule has 86 valence electrons. The number of alkyl halides is 1. The molecule has 1 aromatic rings. The smallest absolute Gasteiger partial charge is 0.210 e. The van der Waals surface area contributed by atoms with Crippen LogP contribution in [0.1, 0.15) is 17.7 Å². The van der Waals surface area contributed by atoms with Crippen molar-refractivity contribution in [3.8, 4) is 0 Å². The lowest BCUT2D eigenvalue weighted by Gasteiger charge is -2.03. The summed E-state index contributed by atoms with van der Waals surface area (Å²) in [6, 6.07) is 3.46. The van der Waals surface area contributed by atoms with Gasteiger partial charge in [-0.05, 0) is 31.9 Å². The fourth-order valence-electron chi connectivity index (χ4n) is 1.05. The molecular formula is C9H14BrNO2S2. The molecular weight excluding hydrogens is 298 g/mol. The Morgan fingerprint density at radius 1 is 1.40 bits per heavy atom. The normalized spacial score (nSPS) is 11.9. The fraction of sp³-hybridized carbons (Fsp3) is 0.556. The fourth-order valence-corrected chi connectivity index (χ4v) is 3.85. The molecule has 15 heavy (non-hydrogen) atoms. The van der Waals surface area contributed by atoms with E-state index in [0.717, 1.165) is 23.0 Å². The second kappa shape index (κ2) is 5.98. The molecule has 0 saturated carbocycles. The number of nitrogens with one attached hydrogen (secondary N) is 1. The highest BCUT2D eigenvalue weighted by atomic mass is 79.9. The van der Waals surface area contributed by atoms with Gasteiger partial charge in [0, 0.05) is 16.8 Å². The molecule has 0 unspecified atom stereocenters. The molecule has 0 aliphatic heterocycles. The van der Waals surface area contributed by atoms with E-state index >= 15 is 0 Å². The first kappa shape index (κ1) is 13.2. The zero-order valence-electron chi connectivity index (χ0n) is 8.49. The maximum atomic E-state index is 11.7. The summed E-state index contributed by atoms with van der Waals surface area (Å²) >= 11 is 4.60. The molecule has 0 aliphatic rings. The lowest BCUT2D eigenvalue weighted by Crippen LogP contribution is -2.24. The lowest BCUT2D eigenvalue weighted by molar-refractivity contribution is 0.581.